The fraction of sp³-hybridized carbons (Fsp3) is 0.238. The number of thioether (sulfide) groups is 1. The Kier molecular flexibility index (Phi) is 7.72. The van der Waals surface area contributed by atoms with Crippen LogP contribution in [-0.4, -0.2) is 61.5 Å². The number of aliphatic imine (C=N–C) groups is 1. The number of amides is 3. The van der Waals surface area contributed by atoms with E-state index >= 15 is 0 Å². The lowest BCUT2D eigenvalue weighted by Gasteiger charge is -2.21. The number of likely N-dealkylation sites (N-methyl/N-ethyl adjacent to an activating group) is 1. The van der Waals surface area contributed by atoms with E-state index < -0.39 is 6.09 Å². The summed E-state index contributed by atoms with van der Waals surface area (Å²) >= 11 is 2.67. The van der Waals surface area contributed by atoms with Gasteiger partial charge in [0.1, 0.15) is 0 Å². The lowest BCUT2D eigenvalue weighted by atomic mass is 10.2. The van der Waals surface area contributed by atoms with E-state index in [0.29, 0.717) is 11.4 Å². The standard InChI is InChI=1S/C21H22N4O4S2/c1-24(2)12-18(26)22-16-10-9-15(31-14-7-5-4-6-8-14)11-17(16)25-19(27)13-30-20(25)23-21(28)29-3/h4-11H,12-13H2,1-3H3,(H,22,26)/b23-20-. The van der Waals surface area contributed by atoms with E-state index in [2.05, 4.69) is 15.0 Å². The molecule has 0 bridgehead atoms. The molecule has 1 aliphatic heterocycles. The molecule has 2 aromatic carbocycles. The summed E-state index contributed by atoms with van der Waals surface area (Å²) in [6, 6.07) is 15.2. The lowest BCUT2D eigenvalue weighted by Crippen LogP contribution is -2.32. The molecular weight excluding hydrogens is 436 g/mol. The van der Waals surface area contributed by atoms with Crippen LogP contribution in [0.3, 0.4) is 0 Å². The molecule has 31 heavy (non-hydrogen) atoms. The first-order valence-electron chi connectivity index (χ1n) is 9.31. The summed E-state index contributed by atoms with van der Waals surface area (Å²) < 4.78 is 4.62. The highest BCUT2D eigenvalue weighted by Gasteiger charge is 2.32. The third-order valence-corrected chi connectivity index (χ3v) is 5.97. The van der Waals surface area contributed by atoms with Crippen molar-refractivity contribution in [1.82, 2.24) is 4.90 Å². The fourth-order valence-electron chi connectivity index (χ4n) is 2.77. The molecule has 0 aromatic heterocycles. The zero-order valence-corrected chi connectivity index (χ0v) is 19.0. The SMILES string of the molecule is COC(=O)/N=C1\SCC(=O)N1c1cc(Sc2ccccc2)ccc1NC(=O)CN(C)C. The van der Waals surface area contributed by atoms with Crippen molar-refractivity contribution in [2.45, 2.75) is 9.79 Å². The van der Waals surface area contributed by atoms with E-state index in [-0.39, 0.29) is 29.3 Å². The van der Waals surface area contributed by atoms with Crippen LogP contribution in [0.5, 0.6) is 0 Å². The molecule has 1 saturated heterocycles. The Morgan fingerprint density at radius 1 is 1.19 bits per heavy atom. The minimum atomic E-state index is -0.796. The number of carbonyl (C=O) groups excluding carboxylic acids is 3. The van der Waals surface area contributed by atoms with Crippen LogP contribution < -0.4 is 10.2 Å². The maximum Gasteiger partial charge on any atom is 0.435 e. The van der Waals surface area contributed by atoms with Gasteiger partial charge < -0.3 is 15.0 Å². The Balaban J connectivity index is 2.01. The first-order chi connectivity index (χ1) is 14.9. The maximum absolute atomic E-state index is 12.7. The average molecular weight is 459 g/mol. The van der Waals surface area contributed by atoms with Crippen molar-refractivity contribution in [3.63, 3.8) is 0 Å². The van der Waals surface area contributed by atoms with E-state index in [4.69, 9.17) is 0 Å². The second kappa shape index (κ2) is 10.5. The molecule has 3 rings (SSSR count). The van der Waals surface area contributed by atoms with Gasteiger partial charge in [-0.3, -0.25) is 14.5 Å². The summed E-state index contributed by atoms with van der Waals surface area (Å²) in [5.41, 5.74) is 0.906. The van der Waals surface area contributed by atoms with E-state index in [0.717, 1.165) is 21.6 Å². The van der Waals surface area contributed by atoms with Crippen molar-refractivity contribution < 1.29 is 19.1 Å². The predicted octanol–water partition coefficient (Wildman–Crippen LogP) is 3.54. The zero-order chi connectivity index (χ0) is 22.4. The van der Waals surface area contributed by atoms with Crippen LogP contribution in [0.1, 0.15) is 0 Å². The van der Waals surface area contributed by atoms with Crippen LogP contribution >= 0.6 is 23.5 Å². The summed E-state index contributed by atoms with van der Waals surface area (Å²) in [4.78, 5) is 45.6. The number of amidine groups is 1. The van der Waals surface area contributed by atoms with Gasteiger partial charge in [-0.2, -0.15) is 4.99 Å². The quantitative estimate of drug-likeness (QED) is 0.708. The molecular formula is C21H22N4O4S2. The van der Waals surface area contributed by atoms with Gasteiger partial charge in [-0.15, -0.1) is 0 Å². The smallest absolute Gasteiger partial charge is 0.435 e. The number of anilines is 2. The van der Waals surface area contributed by atoms with Crippen LogP contribution in [0.4, 0.5) is 16.2 Å². The molecule has 0 unspecified atom stereocenters. The molecule has 1 heterocycles. The van der Waals surface area contributed by atoms with Crippen molar-refractivity contribution in [2.75, 3.05) is 43.7 Å². The number of hydrogen-bond donors (Lipinski definition) is 1. The average Bonchev–Trinajstić information content (AvgIpc) is 3.09. The molecule has 0 spiro atoms. The molecule has 0 radical (unpaired) electrons. The Morgan fingerprint density at radius 3 is 2.61 bits per heavy atom. The number of nitrogens with one attached hydrogen (secondary N) is 1. The minimum Gasteiger partial charge on any atom is -0.451 e. The highest BCUT2D eigenvalue weighted by molar-refractivity contribution is 8.15. The van der Waals surface area contributed by atoms with Gasteiger partial charge >= 0.3 is 6.09 Å². The molecule has 2 aromatic rings. The first kappa shape index (κ1) is 22.9. The molecule has 0 atom stereocenters. The molecule has 1 aliphatic rings. The lowest BCUT2D eigenvalue weighted by molar-refractivity contribution is -0.117. The van der Waals surface area contributed by atoms with Gasteiger partial charge in [-0.05, 0) is 44.4 Å². The van der Waals surface area contributed by atoms with Crippen LogP contribution in [0.25, 0.3) is 0 Å². The van der Waals surface area contributed by atoms with Crippen molar-refractivity contribution in [1.29, 1.82) is 0 Å². The number of ether oxygens (including phenoxy) is 1. The van der Waals surface area contributed by atoms with Crippen molar-refractivity contribution in [3.8, 4) is 0 Å². The van der Waals surface area contributed by atoms with Gasteiger partial charge in [0, 0.05) is 9.79 Å². The predicted molar refractivity (Wildman–Crippen MR) is 124 cm³/mol. The van der Waals surface area contributed by atoms with Crippen LogP contribution in [0.15, 0.2) is 63.3 Å². The van der Waals surface area contributed by atoms with Crippen LogP contribution in [0, 0.1) is 0 Å². The van der Waals surface area contributed by atoms with Crippen molar-refractivity contribution >= 4 is 58.0 Å². The van der Waals surface area contributed by atoms with Gasteiger partial charge in [0.15, 0.2) is 5.17 Å². The second-order valence-corrected chi connectivity index (χ2v) is 8.85. The summed E-state index contributed by atoms with van der Waals surface area (Å²) in [5.74, 6) is -0.324. The van der Waals surface area contributed by atoms with E-state index in [9.17, 15) is 14.4 Å². The highest BCUT2D eigenvalue weighted by atomic mass is 32.2. The molecule has 10 heteroatoms. The molecule has 0 saturated carbocycles. The Labute approximate surface area is 189 Å². The van der Waals surface area contributed by atoms with Gasteiger partial charge in [-0.1, -0.05) is 41.7 Å². The molecule has 1 fully saturated rings. The Bertz CT molecular complexity index is 1010. The number of methoxy groups -OCH3 is 1. The van der Waals surface area contributed by atoms with Crippen molar-refractivity contribution in [3.05, 3.63) is 48.5 Å². The molecule has 8 nitrogen and oxygen atoms in total. The number of benzene rings is 2. The fourth-order valence-corrected chi connectivity index (χ4v) is 4.49. The van der Waals surface area contributed by atoms with Gasteiger partial charge in [0.25, 0.3) is 0 Å². The number of carbonyl (C=O) groups is 3. The third-order valence-electron chi connectivity index (χ3n) is 4.05. The van der Waals surface area contributed by atoms with Gasteiger partial charge in [-0.25, -0.2) is 4.79 Å². The molecule has 0 aliphatic carbocycles. The number of nitrogens with zero attached hydrogens (tertiary/aromatic N) is 3. The Hall–Kier alpha value is -2.82. The normalized spacial score (nSPS) is 14.9. The topological polar surface area (TPSA) is 91.3 Å². The number of hydrogen-bond acceptors (Lipinski definition) is 7. The van der Waals surface area contributed by atoms with E-state index in [1.807, 2.05) is 36.4 Å². The summed E-state index contributed by atoms with van der Waals surface area (Å²) in [6.07, 6.45) is -0.796. The molecule has 162 valence electrons. The summed E-state index contributed by atoms with van der Waals surface area (Å²) in [7, 11) is 4.81. The van der Waals surface area contributed by atoms with Crippen LogP contribution in [-0.2, 0) is 14.3 Å². The summed E-state index contributed by atoms with van der Waals surface area (Å²) in [6.45, 7) is 0.186. The number of rotatable bonds is 6. The van der Waals surface area contributed by atoms with Crippen molar-refractivity contribution in [2.24, 2.45) is 4.99 Å². The van der Waals surface area contributed by atoms with Crippen LogP contribution in [0.2, 0.25) is 0 Å². The monoisotopic (exact) mass is 458 g/mol. The second-order valence-electron chi connectivity index (χ2n) is 6.76. The highest BCUT2D eigenvalue weighted by Crippen LogP contribution is 2.38. The van der Waals surface area contributed by atoms with E-state index in [1.54, 1.807) is 31.1 Å². The Morgan fingerprint density at radius 2 is 1.94 bits per heavy atom. The zero-order valence-electron chi connectivity index (χ0n) is 17.3. The third kappa shape index (κ3) is 6.09. The van der Waals surface area contributed by atoms with Gasteiger partial charge in [0.05, 0.1) is 30.8 Å². The summed E-state index contributed by atoms with van der Waals surface area (Å²) in [5, 5.41) is 3.06. The van der Waals surface area contributed by atoms with E-state index in [1.165, 1.54) is 23.8 Å². The first-order valence-corrected chi connectivity index (χ1v) is 11.1. The maximum atomic E-state index is 12.7. The van der Waals surface area contributed by atoms with Gasteiger partial charge in [0.2, 0.25) is 11.8 Å². The molecule has 3 amide bonds. The minimum absolute atomic E-state index is 0.136. The largest absolute Gasteiger partial charge is 0.451 e. The molecule has 1 N–H and O–H groups in total.